The fraction of sp³-hybridized carbons (Fsp3) is 0.667. The zero-order valence-corrected chi connectivity index (χ0v) is 12.6. The van der Waals surface area contributed by atoms with Crippen LogP contribution in [0.3, 0.4) is 0 Å². The Bertz CT molecular complexity index is 444. The highest BCUT2D eigenvalue weighted by Gasteiger charge is 2.18. The molecule has 1 amide bonds. The second-order valence-corrected chi connectivity index (χ2v) is 6.00. The van der Waals surface area contributed by atoms with Gasteiger partial charge in [0.25, 0.3) is 5.91 Å². The smallest absolute Gasteiger partial charge is 0.271 e. The van der Waals surface area contributed by atoms with E-state index in [1.54, 1.807) is 12.4 Å². The van der Waals surface area contributed by atoms with Gasteiger partial charge >= 0.3 is 0 Å². The quantitative estimate of drug-likeness (QED) is 0.905. The molecule has 0 aromatic carbocycles. The number of nitrogens with zero attached hydrogens (tertiary/aromatic N) is 3. The van der Waals surface area contributed by atoms with Gasteiger partial charge in [0, 0.05) is 18.8 Å². The summed E-state index contributed by atoms with van der Waals surface area (Å²) in [6.45, 7) is 6.17. The van der Waals surface area contributed by atoms with Gasteiger partial charge in [-0.05, 0) is 52.6 Å². The minimum absolute atomic E-state index is 0.113. The molecule has 1 aromatic heterocycles. The van der Waals surface area contributed by atoms with Gasteiger partial charge < -0.3 is 10.2 Å². The predicted molar refractivity (Wildman–Crippen MR) is 78.6 cm³/mol. The molecular formula is C15H24N4O. The monoisotopic (exact) mass is 276 g/mol. The van der Waals surface area contributed by atoms with Crippen LogP contribution in [0.25, 0.3) is 0 Å². The molecule has 0 bridgehead atoms. The van der Waals surface area contributed by atoms with Crippen molar-refractivity contribution >= 4 is 5.91 Å². The fourth-order valence-electron chi connectivity index (χ4n) is 2.65. The zero-order chi connectivity index (χ0) is 14.5. The number of likely N-dealkylation sites (tertiary alicyclic amines) is 1. The minimum Gasteiger partial charge on any atom is -0.348 e. The molecule has 1 unspecified atom stereocenters. The Morgan fingerprint density at radius 1 is 1.45 bits per heavy atom. The highest BCUT2D eigenvalue weighted by atomic mass is 16.1. The van der Waals surface area contributed by atoms with Crippen LogP contribution in [0.2, 0.25) is 0 Å². The lowest BCUT2D eigenvalue weighted by Gasteiger charge is -2.29. The molecule has 0 aliphatic carbocycles. The minimum atomic E-state index is -0.156. The number of hydrogen-bond donors (Lipinski definition) is 1. The lowest BCUT2D eigenvalue weighted by Crippen LogP contribution is -2.33. The molecule has 1 atom stereocenters. The lowest BCUT2D eigenvalue weighted by molar-refractivity contribution is 0.0937. The Morgan fingerprint density at radius 3 is 2.85 bits per heavy atom. The van der Waals surface area contributed by atoms with Crippen molar-refractivity contribution in [1.82, 2.24) is 20.2 Å². The van der Waals surface area contributed by atoms with Gasteiger partial charge in [0.05, 0.1) is 11.9 Å². The van der Waals surface area contributed by atoms with Gasteiger partial charge in [0.1, 0.15) is 5.69 Å². The second-order valence-electron chi connectivity index (χ2n) is 6.00. The molecule has 110 valence electrons. The molecule has 5 nitrogen and oxygen atoms in total. The highest BCUT2D eigenvalue weighted by molar-refractivity contribution is 5.92. The highest BCUT2D eigenvalue weighted by Crippen LogP contribution is 2.18. The van der Waals surface area contributed by atoms with Crippen molar-refractivity contribution in [3.63, 3.8) is 0 Å². The third kappa shape index (κ3) is 4.27. The maximum Gasteiger partial charge on any atom is 0.271 e. The van der Waals surface area contributed by atoms with Gasteiger partial charge in [-0.3, -0.25) is 9.78 Å². The molecule has 1 aliphatic rings. The molecular weight excluding hydrogens is 252 g/mol. The number of nitrogens with one attached hydrogen (secondary N) is 1. The van der Waals surface area contributed by atoms with Gasteiger partial charge in [-0.2, -0.15) is 0 Å². The maximum absolute atomic E-state index is 11.8. The normalized spacial score (nSPS) is 20.1. The Balaban J connectivity index is 1.92. The Morgan fingerprint density at radius 2 is 2.25 bits per heavy atom. The maximum atomic E-state index is 11.8. The number of piperidine rings is 1. The van der Waals surface area contributed by atoms with Crippen LogP contribution < -0.4 is 5.32 Å². The van der Waals surface area contributed by atoms with Crippen LogP contribution in [0.5, 0.6) is 0 Å². The zero-order valence-electron chi connectivity index (χ0n) is 12.6. The van der Waals surface area contributed by atoms with E-state index in [9.17, 15) is 4.79 Å². The molecule has 1 fully saturated rings. The van der Waals surface area contributed by atoms with E-state index in [0.717, 1.165) is 18.7 Å². The van der Waals surface area contributed by atoms with Gasteiger partial charge in [-0.1, -0.05) is 0 Å². The van der Waals surface area contributed by atoms with Crippen molar-refractivity contribution in [3.8, 4) is 0 Å². The Kier molecular flexibility index (Phi) is 5.06. The van der Waals surface area contributed by atoms with E-state index in [0.29, 0.717) is 11.6 Å². The summed E-state index contributed by atoms with van der Waals surface area (Å²) < 4.78 is 0. The van der Waals surface area contributed by atoms with Crippen LogP contribution in [0.1, 0.15) is 42.9 Å². The first-order valence-electron chi connectivity index (χ1n) is 7.35. The molecule has 5 heteroatoms. The van der Waals surface area contributed by atoms with Crippen LogP contribution in [0.15, 0.2) is 12.4 Å². The molecule has 0 radical (unpaired) electrons. The summed E-state index contributed by atoms with van der Waals surface area (Å²) in [4.78, 5) is 22.8. The van der Waals surface area contributed by atoms with Gasteiger partial charge in [0.2, 0.25) is 0 Å². The number of carbonyl (C=O) groups is 1. The van der Waals surface area contributed by atoms with Crippen molar-refractivity contribution < 1.29 is 4.79 Å². The lowest BCUT2D eigenvalue weighted by atomic mass is 9.94. The molecule has 0 saturated carbocycles. The Hall–Kier alpha value is -1.49. The van der Waals surface area contributed by atoms with E-state index in [2.05, 4.69) is 27.2 Å². The SMILES string of the molecule is CC(C)NC(=O)c1cnc(CC2CCCN(C)C2)cn1. The standard InChI is InChI=1S/C15H24N4O/c1-11(2)18-15(20)14-9-16-13(8-17-14)7-12-5-4-6-19(3)10-12/h8-9,11-12H,4-7,10H2,1-3H3,(H,18,20). The van der Waals surface area contributed by atoms with Crippen LogP contribution >= 0.6 is 0 Å². The summed E-state index contributed by atoms with van der Waals surface area (Å²) in [6, 6.07) is 0.113. The third-order valence-corrected chi connectivity index (χ3v) is 3.58. The van der Waals surface area contributed by atoms with Crippen LogP contribution in [-0.4, -0.2) is 47.0 Å². The van der Waals surface area contributed by atoms with E-state index >= 15 is 0 Å². The average Bonchev–Trinajstić information content (AvgIpc) is 2.38. The number of carbonyl (C=O) groups excluding carboxylic acids is 1. The summed E-state index contributed by atoms with van der Waals surface area (Å²) in [7, 11) is 2.16. The topological polar surface area (TPSA) is 58.1 Å². The summed E-state index contributed by atoms with van der Waals surface area (Å²) >= 11 is 0. The molecule has 1 aromatic rings. The van der Waals surface area contributed by atoms with Crippen LogP contribution in [0, 0.1) is 5.92 Å². The summed E-state index contributed by atoms with van der Waals surface area (Å²) in [6.07, 6.45) is 6.78. The molecule has 1 aliphatic heterocycles. The molecule has 2 heterocycles. The van der Waals surface area contributed by atoms with Gasteiger partial charge in [0.15, 0.2) is 0 Å². The summed E-state index contributed by atoms with van der Waals surface area (Å²) in [5, 5.41) is 2.82. The number of hydrogen-bond acceptors (Lipinski definition) is 4. The average molecular weight is 276 g/mol. The summed E-state index contributed by atoms with van der Waals surface area (Å²) in [5.74, 6) is 0.495. The van der Waals surface area contributed by atoms with E-state index in [4.69, 9.17) is 0 Å². The predicted octanol–water partition coefficient (Wildman–Crippen LogP) is 1.50. The number of rotatable bonds is 4. The van der Waals surface area contributed by atoms with Crippen molar-refractivity contribution in [2.75, 3.05) is 20.1 Å². The molecule has 0 spiro atoms. The summed E-state index contributed by atoms with van der Waals surface area (Å²) in [5.41, 5.74) is 1.37. The molecule has 1 saturated heterocycles. The first-order chi connectivity index (χ1) is 9.54. The van der Waals surface area contributed by atoms with E-state index < -0.39 is 0 Å². The number of aromatic nitrogens is 2. The third-order valence-electron chi connectivity index (χ3n) is 3.58. The van der Waals surface area contributed by atoms with Crippen LogP contribution in [0.4, 0.5) is 0 Å². The molecule has 20 heavy (non-hydrogen) atoms. The van der Waals surface area contributed by atoms with Crippen molar-refractivity contribution in [1.29, 1.82) is 0 Å². The molecule has 2 rings (SSSR count). The first kappa shape index (κ1) is 14.9. The van der Waals surface area contributed by atoms with Crippen molar-refractivity contribution in [2.45, 2.75) is 39.2 Å². The van der Waals surface area contributed by atoms with Gasteiger partial charge in [-0.15, -0.1) is 0 Å². The second kappa shape index (κ2) is 6.79. The Labute approximate surface area is 120 Å². The van der Waals surface area contributed by atoms with E-state index in [1.807, 2.05) is 13.8 Å². The molecule has 1 N–H and O–H groups in total. The van der Waals surface area contributed by atoms with Crippen LogP contribution in [-0.2, 0) is 6.42 Å². The van der Waals surface area contributed by atoms with Crippen molar-refractivity contribution in [2.24, 2.45) is 5.92 Å². The van der Waals surface area contributed by atoms with E-state index in [1.165, 1.54) is 19.4 Å². The first-order valence-corrected chi connectivity index (χ1v) is 7.35. The van der Waals surface area contributed by atoms with E-state index in [-0.39, 0.29) is 11.9 Å². The van der Waals surface area contributed by atoms with Gasteiger partial charge in [-0.25, -0.2) is 4.98 Å². The largest absolute Gasteiger partial charge is 0.348 e. The number of amides is 1. The van der Waals surface area contributed by atoms with Crippen molar-refractivity contribution in [3.05, 3.63) is 23.8 Å². The fourth-order valence-corrected chi connectivity index (χ4v) is 2.65.